The van der Waals surface area contributed by atoms with Crippen molar-refractivity contribution < 1.29 is 27.8 Å². The van der Waals surface area contributed by atoms with Crippen molar-refractivity contribution in [3.05, 3.63) is 48.0 Å². The van der Waals surface area contributed by atoms with E-state index in [0.29, 0.717) is 5.69 Å². The van der Waals surface area contributed by atoms with Crippen molar-refractivity contribution in [2.24, 2.45) is 0 Å². The average molecular weight is 343 g/mol. The number of aliphatic hydroxyl groups excluding tert-OH is 1. The third-order valence-corrected chi connectivity index (χ3v) is 3.19. The molecule has 1 aromatic heterocycles. The van der Waals surface area contributed by atoms with Gasteiger partial charge in [0.05, 0.1) is 18.2 Å². The molecule has 3 N–H and O–H groups in total. The Morgan fingerprint density at radius 2 is 2.12 bits per heavy atom. The highest BCUT2D eigenvalue weighted by atomic mass is 19.4. The van der Waals surface area contributed by atoms with Crippen LogP contribution in [0.15, 0.2) is 36.8 Å². The minimum Gasteiger partial charge on any atom is -0.406 e. The molecule has 9 heteroatoms. The van der Waals surface area contributed by atoms with Gasteiger partial charge in [-0.15, -0.1) is 13.2 Å². The summed E-state index contributed by atoms with van der Waals surface area (Å²) in [5.41, 5.74) is 0.735. The van der Waals surface area contributed by atoms with Crippen LogP contribution in [0.4, 0.5) is 13.2 Å². The number of aryl methyl sites for hydroxylation is 1. The molecule has 6 nitrogen and oxygen atoms in total. The first-order valence-corrected chi connectivity index (χ1v) is 7.12. The highest BCUT2D eigenvalue weighted by Crippen LogP contribution is 2.26. The van der Waals surface area contributed by atoms with Crippen molar-refractivity contribution in [2.75, 3.05) is 6.54 Å². The zero-order chi connectivity index (χ0) is 17.6. The minimum atomic E-state index is -4.79. The number of rotatable bonds is 7. The number of para-hydroxylation sites is 1. The van der Waals surface area contributed by atoms with E-state index in [-0.39, 0.29) is 30.7 Å². The molecule has 0 aliphatic rings. The Bertz CT molecular complexity index is 659. The van der Waals surface area contributed by atoms with Crippen LogP contribution in [0.25, 0.3) is 0 Å². The van der Waals surface area contributed by atoms with Crippen molar-refractivity contribution in [3.63, 3.8) is 0 Å². The number of amides is 1. The van der Waals surface area contributed by atoms with Crippen LogP contribution in [0.1, 0.15) is 23.8 Å². The summed E-state index contributed by atoms with van der Waals surface area (Å²) in [7, 11) is 0. The van der Waals surface area contributed by atoms with Gasteiger partial charge in [-0.05, 0) is 18.1 Å². The number of hydrogen-bond acceptors (Lipinski definition) is 4. The predicted molar refractivity (Wildman–Crippen MR) is 78.0 cm³/mol. The number of hydrogen-bond donors (Lipinski definition) is 3. The maximum absolute atomic E-state index is 12.3. The number of benzene rings is 1. The number of imidazole rings is 1. The second kappa shape index (κ2) is 7.82. The molecule has 2 aromatic rings. The van der Waals surface area contributed by atoms with Gasteiger partial charge in [-0.25, -0.2) is 4.98 Å². The van der Waals surface area contributed by atoms with Gasteiger partial charge in [-0.3, -0.25) is 4.79 Å². The molecule has 2 rings (SSSR count). The molecule has 0 bridgehead atoms. The molecule has 0 saturated carbocycles. The summed E-state index contributed by atoms with van der Waals surface area (Å²) in [4.78, 5) is 18.2. The van der Waals surface area contributed by atoms with Crippen LogP contribution >= 0.6 is 0 Å². The average Bonchev–Trinajstić information content (AvgIpc) is 3.04. The maximum atomic E-state index is 12.3. The van der Waals surface area contributed by atoms with E-state index in [1.165, 1.54) is 30.7 Å². The molecule has 1 amide bonds. The zero-order valence-electron chi connectivity index (χ0n) is 12.5. The molecule has 130 valence electrons. The molecule has 0 spiro atoms. The van der Waals surface area contributed by atoms with Crippen LogP contribution in [0.2, 0.25) is 0 Å². The largest absolute Gasteiger partial charge is 0.573 e. The fourth-order valence-corrected chi connectivity index (χ4v) is 2.04. The number of aromatic nitrogens is 2. The first-order valence-electron chi connectivity index (χ1n) is 7.12. The van der Waals surface area contributed by atoms with Crippen LogP contribution in [0.5, 0.6) is 5.75 Å². The number of halogens is 3. The molecular formula is C15H16F3N3O3. The van der Waals surface area contributed by atoms with E-state index in [1.807, 2.05) is 0 Å². The number of nitrogens with zero attached hydrogens (tertiary/aromatic N) is 1. The Morgan fingerprint density at radius 3 is 2.79 bits per heavy atom. The molecule has 0 radical (unpaired) electrons. The second-order valence-electron chi connectivity index (χ2n) is 4.98. The SMILES string of the molecule is O=C(CCc1ccccc1OC(F)(F)F)NCC(O)c1cnc[nH]1. The number of alkyl halides is 3. The number of nitrogens with one attached hydrogen (secondary N) is 2. The van der Waals surface area contributed by atoms with Gasteiger partial charge in [-0.2, -0.15) is 0 Å². The third-order valence-electron chi connectivity index (χ3n) is 3.19. The Kier molecular flexibility index (Phi) is 5.80. The smallest absolute Gasteiger partial charge is 0.406 e. The van der Waals surface area contributed by atoms with E-state index < -0.39 is 18.4 Å². The molecule has 1 aromatic carbocycles. The molecule has 0 saturated heterocycles. The Morgan fingerprint density at radius 1 is 1.38 bits per heavy atom. The summed E-state index contributed by atoms with van der Waals surface area (Å²) in [5, 5.41) is 12.3. The zero-order valence-corrected chi connectivity index (χ0v) is 12.5. The van der Waals surface area contributed by atoms with E-state index in [2.05, 4.69) is 20.0 Å². The maximum Gasteiger partial charge on any atom is 0.573 e. The van der Waals surface area contributed by atoms with Crippen LogP contribution in [-0.4, -0.2) is 33.9 Å². The van der Waals surface area contributed by atoms with E-state index in [9.17, 15) is 23.1 Å². The van der Waals surface area contributed by atoms with Crippen molar-refractivity contribution in [1.82, 2.24) is 15.3 Å². The molecule has 0 aliphatic heterocycles. The van der Waals surface area contributed by atoms with Gasteiger partial charge in [0.2, 0.25) is 5.91 Å². The number of H-pyrrole nitrogens is 1. The highest BCUT2D eigenvalue weighted by molar-refractivity contribution is 5.76. The van der Waals surface area contributed by atoms with Gasteiger partial charge in [0, 0.05) is 13.0 Å². The fourth-order valence-electron chi connectivity index (χ4n) is 2.04. The van der Waals surface area contributed by atoms with Gasteiger partial charge >= 0.3 is 6.36 Å². The molecule has 0 fully saturated rings. The third kappa shape index (κ3) is 5.58. The minimum absolute atomic E-state index is 0.0261. The van der Waals surface area contributed by atoms with E-state index in [0.717, 1.165) is 0 Å². The van der Waals surface area contributed by atoms with Crippen LogP contribution in [0.3, 0.4) is 0 Å². The molecule has 24 heavy (non-hydrogen) atoms. The highest BCUT2D eigenvalue weighted by Gasteiger charge is 2.31. The van der Waals surface area contributed by atoms with Gasteiger partial charge in [0.25, 0.3) is 0 Å². The number of aliphatic hydroxyl groups is 1. The van der Waals surface area contributed by atoms with Gasteiger partial charge < -0.3 is 20.1 Å². The Labute approximate surface area is 135 Å². The van der Waals surface area contributed by atoms with Crippen LogP contribution in [-0.2, 0) is 11.2 Å². The molecule has 1 unspecified atom stereocenters. The molecular weight excluding hydrogens is 327 g/mol. The first kappa shape index (κ1) is 17.8. The van der Waals surface area contributed by atoms with Crippen molar-refractivity contribution >= 4 is 5.91 Å². The lowest BCUT2D eigenvalue weighted by atomic mass is 10.1. The topological polar surface area (TPSA) is 87.2 Å². The Balaban J connectivity index is 1.83. The summed E-state index contributed by atoms with van der Waals surface area (Å²) in [6.07, 6.45) is -2.84. The molecule has 1 atom stereocenters. The summed E-state index contributed by atoms with van der Waals surface area (Å²) in [6, 6.07) is 5.65. The van der Waals surface area contributed by atoms with Crippen LogP contribution < -0.4 is 10.1 Å². The lowest BCUT2D eigenvalue weighted by Gasteiger charge is -2.13. The molecule has 0 aliphatic carbocycles. The summed E-state index contributed by atoms with van der Waals surface area (Å²) < 4.78 is 40.9. The lowest BCUT2D eigenvalue weighted by molar-refractivity contribution is -0.274. The number of aromatic amines is 1. The monoisotopic (exact) mass is 343 g/mol. The van der Waals surface area contributed by atoms with E-state index >= 15 is 0 Å². The Hall–Kier alpha value is -2.55. The van der Waals surface area contributed by atoms with Gasteiger partial charge in [-0.1, -0.05) is 18.2 Å². The van der Waals surface area contributed by atoms with Gasteiger partial charge in [0.15, 0.2) is 0 Å². The second-order valence-corrected chi connectivity index (χ2v) is 4.98. The number of carbonyl (C=O) groups is 1. The number of carbonyl (C=O) groups excluding carboxylic acids is 1. The quantitative estimate of drug-likeness (QED) is 0.718. The lowest BCUT2D eigenvalue weighted by Crippen LogP contribution is -2.28. The van der Waals surface area contributed by atoms with Crippen LogP contribution in [0, 0.1) is 0 Å². The standard InChI is InChI=1S/C15H16F3N3O3/c16-15(17,18)24-13-4-2-1-3-10(13)5-6-14(23)20-8-12(22)11-7-19-9-21-11/h1-4,7,9,12,22H,5-6,8H2,(H,19,21)(H,20,23). The summed E-state index contributed by atoms with van der Waals surface area (Å²) >= 11 is 0. The van der Waals surface area contributed by atoms with Crippen molar-refractivity contribution in [3.8, 4) is 5.75 Å². The van der Waals surface area contributed by atoms with E-state index in [1.54, 1.807) is 6.07 Å². The van der Waals surface area contributed by atoms with E-state index in [4.69, 9.17) is 0 Å². The van der Waals surface area contributed by atoms with Crippen molar-refractivity contribution in [2.45, 2.75) is 25.3 Å². The normalized spacial score (nSPS) is 12.7. The summed E-state index contributed by atoms with van der Waals surface area (Å²) in [5.74, 6) is -0.717. The molecule has 1 heterocycles. The predicted octanol–water partition coefficient (Wildman–Crippen LogP) is 2.09. The van der Waals surface area contributed by atoms with Crippen molar-refractivity contribution in [1.29, 1.82) is 0 Å². The summed E-state index contributed by atoms with van der Waals surface area (Å²) in [6.45, 7) is -0.0261. The first-order chi connectivity index (χ1) is 11.3. The fraction of sp³-hybridized carbons (Fsp3) is 0.333. The number of ether oxygens (including phenoxy) is 1. The van der Waals surface area contributed by atoms with Gasteiger partial charge in [0.1, 0.15) is 11.9 Å².